The van der Waals surface area contributed by atoms with Gasteiger partial charge in [-0.15, -0.1) is 0 Å². The van der Waals surface area contributed by atoms with Gasteiger partial charge < -0.3 is 15.4 Å². The minimum absolute atomic E-state index is 0.181. The van der Waals surface area contributed by atoms with E-state index in [4.69, 9.17) is 16.3 Å². The summed E-state index contributed by atoms with van der Waals surface area (Å²) in [5.74, 6) is 0.109. The van der Waals surface area contributed by atoms with Crippen molar-refractivity contribution in [1.29, 1.82) is 0 Å². The van der Waals surface area contributed by atoms with Gasteiger partial charge in [-0.1, -0.05) is 17.7 Å². The minimum atomic E-state index is -0.308. The third kappa shape index (κ3) is 4.21. The second-order valence-corrected chi connectivity index (χ2v) is 6.11. The highest BCUT2D eigenvalue weighted by Gasteiger charge is 2.16. The maximum atomic E-state index is 12.3. The lowest BCUT2D eigenvalue weighted by molar-refractivity contribution is 0.102. The van der Waals surface area contributed by atoms with E-state index < -0.39 is 0 Å². The number of aromatic nitrogens is 2. The maximum Gasteiger partial charge on any atom is 0.274 e. The Labute approximate surface area is 145 Å². The number of aryl methyl sites for hydroxylation is 1. The van der Waals surface area contributed by atoms with Gasteiger partial charge in [0.15, 0.2) is 0 Å². The van der Waals surface area contributed by atoms with Gasteiger partial charge in [-0.25, -0.2) is 9.97 Å². The largest absolute Gasteiger partial charge is 0.376 e. The Morgan fingerprint density at radius 3 is 3.04 bits per heavy atom. The number of halogens is 1. The SMILES string of the molecule is Cc1ccc(NC(=O)c2ccnc(NCC3CCCO3)n2)cc1Cl. The molecule has 1 atom stereocenters. The Hall–Kier alpha value is -2.18. The van der Waals surface area contributed by atoms with Gasteiger partial charge in [-0.05, 0) is 43.5 Å². The molecule has 0 bridgehead atoms. The van der Waals surface area contributed by atoms with Crippen molar-refractivity contribution in [3.63, 3.8) is 0 Å². The van der Waals surface area contributed by atoms with Crippen LogP contribution < -0.4 is 10.6 Å². The van der Waals surface area contributed by atoms with Crippen LogP contribution in [0.15, 0.2) is 30.5 Å². The van der Waals surface area contributed by atoms with E-state index in [-0.39, 0.29) is 17.7 Å². The lowest BCUT2D eigenvalue weighted by atomic mass is 10.2. The van der Waals surface area contributed by atoms with E-state index >= 15 is 0 Å². The number of amides is 1. The van der Waals surface area contributed by atoms with Crippen LogP contribution in [0.3, 0.4) is 0 Å². The zero-order valence-electron chi connectivity index (χ0n) is 13.4. The fourth-order valence-corrected chi connectivity index (χ4v) is 2.63. The van der Waals surface area contributed by atoms with E-state index in [1.165, 1.54) is 0 Å². The van der Waals surface area contributed by atoms with Gasteiger partial charge in [-0.2, -0.15) is 0 Å². The molecule has 0 spiro atoms. The van der Waals surface area contributed by atoms with Gasteiger partial charge >= 0.3 is 0 Å². The van der Waals surface area contributed by atoms with Gasteiger partial charge in [0.25, 0.3) is 5.91 Å². The van der Waals surface area contributed by atoms with Gasteiger partial charge in [0.1, 0.15) is 5.69 Å². The number of hydrogen-bond donors (Lipinski definition) is 2. The number of carbonyl (C=O) groups excluding carboxylic acids is 1. The maximum absolute atomic E-state index is 12.3. The van der Waals surface area contributed by atoms with Crippen molar-refractivity contribution in [2.24, 2.45) is 0 Å². The topological polar surface area (TPSA) is 76.1 Å². The second kappa shape index (κ2) is 7.59. The lowest BCUT2D eigenvalue weighted by Gasteiger charge is -2.11. The van der Waals surface area contributed by atoms with Crippen molar-refractivity contribution in [3.8, 4) is 0 Å². The minimum Gasteiger partial charge on any atom is -0.376 e. The molecule has 1 aliphatic rings. The molecule has 3 rings (SSSR count). The molecule has 24 heavy (non-hydrogen) atoms. The average Bonchev–Trinajstić information content (AvgIpc) is 3.10. The first-order valence-electron chi connectivity index (χ1n) is 7.88. The van der Waals surface area contributed by atoms with Crippen molar-refractivity contribution in [2.75, 3.05) is 23.8 Å². The highest BCUT2D eigenvalue weighted by Crippen LogP contribution is 2.20. The summed E-state index contributed by atoms with van der Waals surface area (Å²) in [4.78, 5) is 20.7. The van der Waals surface area contributed by atoms with Crippen molar-refractivity contribution >= 4 is 29.1 Å². The van der Waals surface area contributed by atoms with Crippen LogP contribution in [0, 0.1) is 6.92 Å². The zero-order valence-corrected chi connectivity index (χ0v) is 14.1. The number of benzene rings is 1. The molecular weight excluding hydrogens is 328 g/mol. The molecule has 2 N–H and O–H groups in total. The molecule has 0 aliphatic carbocycles. The van der Waals surface area contributed by atoms with Crippen LogP contribution in [0.4, 0.5) is 11.6 Å². The molecule has 126 valence electrons. The van der Waals surface area contributed by atoms with E-state index in [1.54, 1.807) is 24.4 Å². The summed E-state index contributed by atoms with van der Waals surface area (Å²) in [6, 6.07) is 6.94. The van der Waals surface area contributed by atoms with E-state index in [2.05, 4.69) is 20.6 Å². The molecule has 1 fully saturated rings. The lowest BCUT2D eigenvalue weighted by Crippen LogP contribution is -2.21. The summed E-state index contributed by atoms with van der Waals surface area (Å²) in [6.45, 7) is 3.35. The Kier molecular flexibility index (Phi) is 5.27. The number of hydrogen-bond acceptors (Lipinski definition) is 5. The Balaban J connectivity index is 1.63. The first-order valence-corrected chi connectivity index (χ1v) is 8.25. The van der Waals surface area contributed by atoms with Gasteiger partial charge in [0.05, 0.1) is 6.10 Å². The monoisotopic (exact) mass is 346 g/mol. The zero-order chi connectivity index (χ0) is 16.9. The number of nitrogens with zero attached hydrogens (tertiary/aromatic N) is 2. The van der Waals surface area contributed by atoms with Crippen LogP contribution in [-0.2, 0) is 4.74 Å². The smallest absolute Gasteiger partial charge is 0.274 e. The van der Waals surface area contributed by atoms with Crippen LogP contribution >= 0.6 is 11.6 Å². The van der Waals surface area contributed by atoms with Crippen molar-refractivity contribution in [2.45, 2.75) is 25.9 Å². The summed E-state index contributed by atoms with van der Waals surface area (Å²) in [5.41, 5.74) is 1.87. The summed E-state index contributed by atoms with van der Waals surface area (Å²) in [5, 5.41) is 6.50. The molecule has 6 nitrogen and oxygen atoms in total. The Morgan fingerprint density at radius 1 is 1.42 bits per heavy atom. The van der Waals surface area contributed by atoms with Crippen LogP contribution in [0.25, 0.3) is 0 Å². The molecule has 1 aliphatic heterocycles. The average molecular weight is 347 g/mol. The normalized spacial score (nSPS) is 16.8. The van der Waals surface area contributed by atoms with Crippen molar-refractivity contribution < 1.29 is 9.53 Å². The third-order valence-electron chi connectivity index (χ3n) is 3.83. The predicted octanol–water partition coefficient (Wildman–Crippen LogP) is 3.28. The van der Waals surface area contributed by atoms with E-state index in [0.29, 0.717) is 23.2 Å². The van der Waals surface area contributed by atoms with E-state index in [9.17, 15) is 4.79 Å². The molecule has 2 aromatic rings. The van der Waals surface area contributed by atoms with Gasteiger partial charge in [0.2, 0.25) is 5.95 Å². The highest BCUT2D eigenvalue weighted by molar-refractivity contribution is 6.31. The fourth-order valence-electron chi connectivity index (χ4n) is 2.45. The van der Waals surface area contributed by atoms with Crippen LogP contribution in [-0.4, -0.2) is 35.1 Å². The van der Waals surface area contributed by atoms with Crippen LogP contribution in [0.1, 0.15) is 28.9 Å². The van der Waals surface area contributed by atoms with Crippen molar-refractivity contribution in [3.05, 3.63) is 46.7 Å². The third-order valence-corrected chi connectivity index (χ3v) is 4.24. The number of rotatable bonds is 5. The number of ether oxygens (including phenoxy) is 1. The molecule has 1 aromatic carbocycles. The summed E-state index contributed by atoms with van der Waals surface area (Å²) >= 11 is 6.07. The summed E-state index contributed by atoms with van der Waals surface area (Å²) < 4.78 is 5.54. The molecule has 1 saturated heterocycles. The summed E-state index contributed by atoms with van der Waals surface area (Å²) in [7, 11) is 0. The molecule has 0 radical (unpaired) electrons. The predicted molar refractivity (Wildman–Crippen MR) is 93.6 cm³/mol. The molecule has 7 heteroatoms. The first kappa shape index (κ1) is 16.7. The van der Waals surface area contributed by atoms with Crippen molar-refractivity contribution in [1.82, 2.24) is 9.97 Å². The summed E-state index contributed by atoms with van der Waals surface area (Å²) in [6.07, 6.45) is 3.85. The number of carbonyl (C=O) groups is 1. The van der Waals surface area contributed by atoms with Crippen LogP contribution in [0.2, 0.25) is 5.02 Å². The second-order valence-electron chi connectivity index (χ2n) is 5.70. The fraction of sp³-hybridized carbons (Fsp3) is 0.353. The van der Waals surface area contributed by atoms with E-state index in [0.717, 1.165) is 25.0 Å². The molecule has 2 heterocycles. The van der Waals surface area contributed by atoms with Crippen LogP contribution in [0.5, 0.6) is 0 Å². The van der Waals surface area contributed by atoms with Gasteiger partial charge in [-0.3, -0.25) is 4.79 Å². The molecule has 1 amide bonds. The standard InChI is InChI=1S/C17H19ClN4O2/c1-11-4-5-12(9-14(11)18)21-16(23)15-6-7-19-17(22-15)20-10-13-3-2-8-24-13/h4-7,9,13H,2-3,8,10H2,1H3,(H,21,23)(H,19,20,22). The van der Waals surface area contributed by atoms with E-state index in [1.807, 2.05) is 13.0 Å². The highest BCUT2D eigenvalue weighted by atomic mass is 35.5. The van der Waals surface area contributed by atoms with Gasteiger partial charge in [0, 0.05) is 30.1 Å². The first-order chi connectivity index (χ1) is 11.6. The number of anilines is 2. The molecule has 0 saturated carbocycles. The quantitative estimate of drug-likeness (QED) is 0.868. The Bertz CT molecular complexity index is 732. The molecular formula is C17H19ClN4O2. The number of nitrogens with one attached hydrogen (secondary N) is 2. The molecule has 1 unspecified atom stereocenters. The Morgan fingerprint density at radius 2 is 2.29 bits per heavy atom. The molecule has 1 aromatic heterocycles.